The summed E-state index contributed by atoms with van der Waals surface area (Å²) in [5, 5.41) is 7.32. The second-order valence-electron chi connectivity index (χ2n) is 4.74. The fraction of sp³-hybridized carbons (Fsp3) is 0.125. The van der Waals surface area contributed by atoms with Crippen molar-refractivity contribution in [2.75, 3.05) is 0 Å². The van der Waals surface area contributed by atoms with Gasteiger partial charge in [-0.2, -0.15) is 13.2 Å². The number of halogens is 3. The molecule has 8 heteroatoms. The Balaban J connectivity index is 2.25. The van der Waals surface area contributed by atoms with Crippen LogP contribution in [0.15, 0.2) is 48.5 Å². The van der Waals surface area contributed by atoms with E-state index in [0.29, 0.717) is 0 Å². The molecule has 3 N–H and O–H groups in total. The predicted octanol–water partition coefficient (Wildman–Crippen LogP) is 3.02. The number of nitrogens with one attached hydrogen (secondary N) is 1. The first-order valence-electron chi connectivity index (χ1n) is 6.71. The maximum Gasteiger partial charge on any atom is 0.491 e. The number of nitrogen functional groups attached to an aromatic ring is 1. The van der Waals surface area contributed by atoms with Crippen LogP contribution in [-0.4, -0.2) is 18.0 Å². The molecule has 0 saturated carbocycles. The third-order valence-corrected chi connectivity index (χ3v) is 2.93. The second-order valence-corrected chi connectivity index (χ2v) is 4.74. The summed E-state index contributed by atoms with van der Waals surface area (Å²) in [6, 6.07) is 12.6. The van der Waals surface area contributed by atoms with E-state index in [1.54, 1.807) is 24.3 Å². The van der Waals surface area contributed by atoms with Gasteiger partial charge < -0.3 is 15.2 Å². The minimum absolute atomic E-state index is 0.0663. The van der Waals surface area contributed by atoms with Crippen molar-refractivity contribution in [2.24, 2.45) is 5.73 Å². The first kappa shape index (κ1) is 17.3. The van der Waals surface area contributed by atoms with Crippen LogP contribution in [0.4, 0.5) is 13.2 Å². The van der Waals surface area contributed by atoms with Crippen molar-refractivity contribution in [1.29, 1.82) is 5.41 Å². The van der Waals surface area contributed by atoms with Crippen LogP contribution in [0, 0.1) is 5.41 Å². The normalized spacial score (nSPS) is 11.0. The van der Waals surface area contributed by atoms with Crippen molar-refractivity contribution >= 4 is 11.8 Å². The number of alkyl halides is 3. The number of nitrogens with two attached hydrogens (primary N) is 1. The van der Waals surface area contributed by atoms with Gasteiger partial charge in [0.15, 0.2) is 11.5 Å². The molecule has 0 atom stereocenters. The number of ether oxygens (including phenoxy) is 2. The SMILES string of the molecule is N=C(N)c1ccc(OCc2ccccc2)c(OC(=O)C(F)(F)F)c1. The molecule has 0 aliphatic carbocycles. The maximum absolute atomic E-state index is 12.4. The van der Waals surface area contributed by atoms with Gasteiger partial charge in [0.05, 0.1) is 0 Å². The third-order valence-electron chi connectivity index (χ3n) is 2.93. The summed E-state index contributed by atoms with van der Waals surface area (Å²) in [4.78, 5) is 11.1. The Bertz CT molecular complexity index is 746. The number of amidine groups is 1. The van der Waals surface area contributed by atoms with E-state index in [9.17, 15) is 18.0 Å². The van der Waals surface area contributed by atoms with E-state index >= 15 is 0 Å². The number of carbonyl (C=O) groups is 1. The fourth-order valence-electron chi connectivity index (χ4n) is 1.77. The zero-order valence-corrected chi connectivity index (χ0v) is 12.3. The molecule has 0 heterocycles. The number of esters is 1. The molecule has 0 aromatic heterocycles. The zero-order chi connectivity index (χ0) is 17.7. The van der Waals surface area contributed by atoms with Gasteiger partial charge in [0.2, 0.25) is 0 Å². The minimum Gasteiger partial charge on any atom is -0.485 e. The second kappa shape index (κ2) is 7.03. The van der Waals surface area contributed by atoms with Crippen molar-refractivity contribution in [3.8, 4) is 11.5 Å². The standard InChI is InChI=1S/C16H13F3N2O3/c17-16(18,19)15(22)24-13-8-11(14(20)21)6-7-12(13)23-9-10-4-2-1-3-5-10/h1-8H,9H2,(H3,20,21). The molecule has 24 heavy (non-hydrogen) atoms. The molecule has 126 valence electrons. The summed E-state index contributed by atoms with van der Waals surface area (Å²) in [7, 11) is 0. The average molecular weight is 338 g/mol. The molecule has 0 fully saturated rings. The van der Waals surface area contributed by atoms with Gasteiger partial charge in [-0.3, -0.25) is 5.41 Å². The van der Waals surface area contributed by atoms with Crippen LogP contribution in [0.25, 0.3) is 0 Å². The number of carbonyl (C=O) groups excluding carboxylic acids is 1. The topological polar surface area (TPSA) is 85.4 Å². The van der Waals surface area contributed by atoms with E-state index in [1.165, 1.54) is 12.1 Å². The van der Waals surface area contributed by atoms with E-state index in [4.69, 9.17) is 15.9 Å². The molecule has 2 aromatic carbocycles. The van der Waals surface area contributed by atoms with Crippen LogP contribution >= 0.6 is 0 Å². The smallest absolute Gasteiger partial charge is 0.485 e. The first-order valence-corrected chi connectivity index (χ1v) is 6.71. The van der Waals surface area contributed by atoms with Crippen LogP contribution in [0.5, 0.6) is 11.5 Å². The van der Waals surface area contributed by atoms with Crippen molar-refractivity contribution in [3.63, 3.8) is 0 Å². The Kier molecular flexibility index (Phi) is 5.08. The van der Waals surface area contributed by atoms with Crippen LogP contribution in [0.2, 0.25) is 0 Å². The number of hydrogen-bond donors (Lipinski definition) is 2. The maximum atomic E-state index is 12.4. The molecule has 2 rings (SSSR count). The van der Waals surface area contributed by atoms with Crippen molar-refractivity contribution < 1.29 is 27.4 Å². The number of hydrogen-bond acceptors (Lipinski definition) is 4. The van der Waals surface area contributed by atoms with Gasteiger partial charge in [-0.05, 0) is 23.8 Å². The Labute approximate surface area is 135 Å². The fourth-order valence-corrected chi connectivity index (χ4v) is 1.77. The highest BCUT2D eigenvalue weighted by molar-refractivity contribution is 5.95. The minimum atomic E-state index is -5.15. The summed E-state index contributed by atoms with van der Waals surface area (Å²) in [6.45, 7) is 0.0663. The van der Waals surface area contributed by atoms with Gasteiger partial charge in [-0.15, -0.1) is 0 Å². The van der Waals surface area contributed by atoms with Gasteiger partial charge in [0, 0.05) is 5.56 Å². The Morgan fingerprint density at radius 2 is 1.75 bits per heavy atom. The molecule has 2 aromatic rings. The quantitative estimate of drug-likeness (QED) is 0.380. The first-order chi connectivity index (χ1) is 11.3. The van der Waals surface area contributed by atoms with Crippen LogP contribution < -0.4 is 15.2 Å². The molecule has 0 aliphatic heterocycles. The van der Waals surface area contributed by atoms with Gasteiger partial charge in [-0.25, -0.2) is 4.79 Å². The molecule has 0 bridgehead atoms. The van der Waals surface area contributed by atoms with Gasteiger partial charge >= 0.3 is 12.1 Å². The van der Waals surface area contributed by atoms with Gasteiger partial charge in [0.1, 0.15) is 12.4 Å². The van der Waals surface area contributed by atoms with E-state index < -0.39 is 17.9 Å². The number of rotatable bonds is 5. The lowest BCUT2D eigenvalue weighted by Gasteiger charge is -2.14. The predicted molar refractivity (Wildman–Crippen MR) is 79.9 cm³/mol. The molecular weight excluding hydrogens is 325 g/mol. The Morgan fingerprint density at radius 1 is 1.08 bits per heavy atom. The largest absolute Gasteiger partial charge is 0.491 e. The molecule has 0 spiro atoms. The summed E-state index contributed by atoms with van der Waals surface area (Å²) in [5.41, 5.74) is 6.18. The Hall–Kier alpha value is -3.03. The molecule has 0 unspecified atom stereocenters. The van der Waals surface area contributed by atoms with E-state index in [2.05, 4.69) is 4.74 Å². The molecule has 0 radical (unpaired) electrons. The van der Waals surface area contributed by atoms with Crippen molar-refractivity contribution in [2.45, 2.75) is 12.8 Å². The van der Waals surface area contributed by atoms with E-state index in [0.717, 1.165) is 11.6 Å². The summed E-state index contributed by atoms with van der Waals surface area (Å²) >= 11 is 0. The van der Waals surface area contributed by atoms with Crippen molar-refractivity contribution in [1.82, 2.24) is 0 Å². The lowest BCUT2D eigenvalue weighted by molar-refractivity contribution is -0.189. The van der Waals surface area contributed by atoms with Crippen molar-refractivity contribution in [3.05, 3.63) is 59.7 Å². The van der Waals surface area contributed by atoms with Gasteiger partial charge in [-0.1, -0.05) is 30.3 Å². The average Bonchev–Trinajstić information content (AvgIpc) is 2.53. The Morgan fingerprint density at radius 3 is 2.33 bits per heavy atom. The highest BCUT2D eigenvalue weighted by Gasteiger charge is 2.41. The highest BCUT2D eigenvalue weighted by atomic mass is 19.4. The summed E-state index contributed by atoms with van der Waals surface area (Å²) in [6.07, 6.45) is -5.15. The molecule has 0 amide bonds. The van der Waals surface area contributed by atoms with Crippen LogP contribution in [0.1, 0.15) is 11.1 Å². The van der Waals surface area contributed by atoms with E-state index in [-0.39, 0.29) is 23.8 Å². The summed E-state index contributed by atoms with van der Waals surface area (Å²) < 4.78 is 46.9. The molecule has 5 nitrogen and oxygen atoms in total. The lowest BCUT2D eigenvalue weighted by atomic mass is 10.2. The van der Waals surface area contributed by atoms with Crippen LogP contribution in [0.3, 0.4) is 0 Å². The third kappa shape index (κ3) is 4.48. The van der Waals surface area contributed by atoms with E-state index in [1.807, 2.05) is 6.07 Å². The lowest BCUT2D eigenvalue weighted by Crippen LogP contribution is -2.28. The highest BCUT2D eigenvalue weighted by Crippen LogP contribution is 2.31. The molecule has 0 aliphatic rings. The monoisotopic (exact) mass is 338 g/mol. The molecular formula is C16H13F3N2O3. The number of benzene rings is 2. The zero-order valence-electron chi connectivity index (χ0n) is 12.3. The summed E-state index contributed by atoms with van der Waals surface area (Å²) in [5.74, 6) is -3.29. The molecule has 0 saturated heterocycles. The van der Waals surface area contributed by atoms with Crippen LogP contribution in [-0.2, 0) is 11.4 Å². The van der Waals surface area contributed by atoms with Gasteiger partial charge in [0.25, 0.3) is 0 Å².